The molecule has 3 atom stereocenters. The second-order valence-corrected chi connectivity index (χ2v) is 6.60. The molecule has 0 amide bonds. The van der Waals surface area contributed by atoms with Crippen LogP contribution in [0.4, 0.5) is 0 Å². The van der Waals surface area contributed by atoms with E-state index in [1.807, 2.05) is 0 Å². The average Bonchev–Trinajstić information content (AvgIpc) is 3.01. The van der Waals surface area contributed by atoms with E-state index in [0.717, 1.165) is 26.2 Å². The van der Waals surface area contributed by atoms with Crippen LogP contribution < -0.4 is 5.32 Å². The Morgan fingerprint density at radius 2 is 1.95 bits per heavy atom. The minimum Gasteiger partial charge on any atom is -0.378 e. The molecule has 0 aliphatic carbocycles. The van der Waals surface area contributed by atoms with Gasteiger partial charge in [0.15, 0.2) is 0 Å². The second-order valence-electron chi connectivity index (χ2n) is 6.60. The van der Waals surface area contributed by atoms with Crippen molar-refractivity contribution in [2.75, 3.05) is 26.2 Å². The van der Waals surface area contributed by atoms with Crippen molar-refractivity contribution < 1.29 is 4.74 Å². The highest BCUT2D eigenvalue weighted by Crippen LogP contribution is 2.28. The summed E-state index contributed by atoms with van der Waals surface area (Å²) in [5.74, 6) is 0. The third-order valence-corrected chi connectivity index (χ3v) is 5.39. The molecule has 1 N–H and O–H groups in total. The summed E-state index contributed by atoms with van der Waals surface area (Å²) < 4.78 is 5.83. The number of rotatable bonds is 11. The first-order chi connectivity index (χ1) is 10.1. The highest BCUT2D eigenvalue weighted by atomic mass is 16.5. The minimum atomic E-state index is 0.247. The third kappa shape index (κ3) is 5.22. The molecule has 21 heavy (non-hydrogen) atoms. The van der Waals surface area contributed by atoms with Crippen molar-refractivity contribution in [3.05, 3.63) is 0 Å². The van der Waals surface area contributed by atoms with Gasteiger partial charge in [-0.2, -0.15) is 0 Å². The Bertz CT molecular complexity index is 262. The summed E-state index contributed by atoms with van der Waals surface area (Å²) in [6.45, 7) is 16.0. The molecular weight excluding hydrogens is 260 g/mol. The van der Waals surface area contributed by atoms with Crippen LogP contribution in [-0.4, -0.2) is 48.8 Å². The van der Waals surface area contributed by atoms with Gasteiger partial charge in [0.05, 0.1) is 6.10 Å². The van der Waals surface area contributed by atoms with E-state index < -0.39 is 0 Å². The molecule has 0 aromatic heterocycles. The molecule has 0 spiro atoms. The average molecular weight is 299 g/mol. The SMILES string of the molecule is CCCNC(CCC1CCCO1)C(C)(CC)N(CC)CC. The molecule has 0 saturated carbocycles. The van der Waals surface area contributed by atoms with Crippen LogP contribution in [0, 0.1) is 0 Å². The molecule has 0 radical (unpaired) electrons. The zero-order valence-corrected chi connectivity index (χ0v) is 15.1. The number of likely N-dealkylation sites (N-methyl/N-ethyl adjacent to an activating group) is 1. The summed E-state index contributed by atoms with van der Waals surface area (Å²) in [7, 11) is 0. The zero-order chi connectivity index (χ0) is 15.7. The van der Waals surface area contributed by atoms with Crippen LogP contribution in [0.25, 0.3) is 0 Å². The third-order valence-electron chi connectivity index (χ3n) is 5.39. The first kappa shape index (κ1) is 18.9. The van der Waals surface area contributed by atoms with Gasteiger partial charge in [-0.05, 0) is 65.1 Å². The molecule has 3 nitrogen and oxygen atoms in total. The van der Waals surface area contributed by atoms with Crippen molar-refractivity contribution in [2.24, 2.45) is 0 Å². The van der Waals surface area contributed by atoms with Crippen LogP contribution in [0.3, 0.4) is 0 Å². The Hall–Kier alpha value is -0.120. The van der Waals surface area contributed by atoms with E-state index in [4.69, 9.17) is 4.74 Å². The summed E-state index contributed by atoms with van der Waals surface area (Å²) in [6.07, 6.45) is 7.85. The van der Waals surface area contributed by atoms with E-state index in [1.54, 1.807) is 0 Å². The fraction of sp³-hybridized carbons (Fsp3) is 1.00. The molecule has 1 aliphatic rings. The van der Waals surface area contributed by atoms with Crippen molar-refractivity contribution in [1.82, 2.24) is 10.2 Å². The molecule has 0 aromatic carbocycles. The van der Waals surface area contributed by atoms with Crippen LogP contribution in [0.1, 0.15) is 73.1 Å². The Morgan fingerprint density at radius 3 is 2.43 bits per heavy atom. The van der Waals surface area contributed by atoms with E-state index in [-0.39, 0.29) is 5.54 Å². The number of nitrogens with one attached hydrogen (secondary N) is 1. The van der Waals surface area contributed by atoms with Crippen molar-refractivity contribution in [3.8, 4) is 0 Å². The molecule has 1 aliphatic heterocycles. The Balaban J connectivity index is 2.70. The largest absolute Gasteiger partial charge is 0.378 e. The van der Waals surface area contributed by atoms with Crippen molar-refractivity contribution >= 4 is 0 Å². The standard InChI is InChI=1S/C18H38N2O/c1-6-14-19-17(13-12-16-11-10-15-21-16)18(5,7-2)20(8-3)9-4/h16-17,19H,6-15H2,1-5H3. The van der Waals surface area contributed by atoms with Crippen molar-refractivity contribution in [1.29, 1.82) is 0 Å². The van der Waals surface area contributed by atoms with E-state index in [2.05, 4.69) is 44.8 Å². The Labute approximate surface area is 132 Å². The van der Waals surface area contributed by atoms with Crippen molar-refractivity contribution in [3.63, 3.8) is 0 Å². The molecule has 0 bridgehead atoms. The lowest BCUT2D eigenvalue weighted by Gasteiger charge is -2.46. The molecule has 1 heterocycles. The molecule has 3 heteroatoms. The highest BCUT2D eigenvalue weighted by Gasteiger charge is 2.36. The number of nitrogens with zero attached hydrogens (tertiary/aromatic N) is 1. The number of ether oxygens (including phenoxy) is 1. The first-order valence-electron chi connectivity index (χ1n) is 9.22. The predicted molar refractivity (Wildman–Crippen MR) is 91.9 cm³/mol. The number of hydrogen-bond donors (Lipinski definition) is 1. The maximum Gasteiger partial charge on any atom is 0.0576 e. The van der Waals surface area contributed by atoms with Crippen LogP contribution >= 0.6 is 0 Å². The predicted octanol–water partition coefficient (Wildman–Crippen LogP) is 3.82. The fourth-order valence-corrected chi connectivity index (χ4v) is 3.81. The van der Waals surface area contributed by atoms with Gasteiger partial charge in [-0.1, -0.05) is 27.7 Å². The highest BCUT2D eigenvalue weighted by molar-refractivity contribution is 4.96. The van der Waals surface area contributed by atoms with Gasteiger partial charge < -0.3 is 10.1 Å². The molecule has 1 saturated heterocycles. The summed E-state index contributed by atoms with van der Waals surface area (Å²) in [5, 5.41) is 3.84. The normalized spacial score (nSPS) is 23.4. The first-order valence-corrected chi connectivity index (χ1v) is 9.22. The second kappa shape index (κ2) is 9.81. The van der Waals surface area contributed by atoms with Crippen LogP contribution in [0.15, 0.2) is 0 Å². The minimum absolute atomic E-state index is 0.247. The summed E-state index contributed by atoms with van der Waals surface area (Å²) in [4.78, 5) is 2.63. The van der Waals surface area contributed by atoms with Gasteiger partial charge >= 0.3 is 0 Å². The molecule has 1 fully saturated rings. The molecule has 1 rings (SSSR count). The molecule has 3 unspecified atom stereocenters. The Morgan fingerprint density at radius 1 is 1.24 bits per heavy atom. The number of hydrogen-bond acceptors (Lipinski definition) is 3. The van der Waals surface area contributed by atoms with Gasteiger partial charge in [-0.15, -0.1) is 0 Å². The Kier molecular flexibility index (Phi) is 8.84. The summed E-state index contributed by atoms with van der Waals surface area (Å²) >= 11 is 0. The van der Waals surface area contributed by atoms with E-state index in [9.17, 15) is 0 Å². The van der Waals surface area contributed by atoms with Gasteiger partial charge in [-0.3, -0.25) is 4.90 Å². The molecular formula is C18H38N2O. The fourth-order valence-electron chi connectivity index (χ4n) is 3.81. The van der Waals surface area contributed by atoms with E-state index in [1.165, 1.54) is 38.5 Å². The lowest BCUT2D eigenvalue weighted by atomic mass is 9.83. The quantitative estimate of drug-likeness (QED) is 0.627. The smallest absolute Gasteiger partial charge is 0.0576 e. The summed E-state index contributed by atoms with van der Waals surface area (Å²) in [6, 6.07) is 0.562. The van der Waals surface area contributed by atoms with Crippen LogP contribution in [-0.2, 0) is 4.74 Å². The maximum atomic E-state index is 5.83. The summed E-state index contributed by atoms with van der Waals surface area (Å²) in [5.41, 5.74) is 0.247. The molecule has 126 valence electrons. The van der Waals surface area contributed by atoms with Gasteiger partial charge in [-0.25, -0.2) is 0 Å². The lowest BCUT2D eigenvalue weighted by Crippen LogP contribution is -2.59. The maximum absolute atomic E-state index is 5.83. The topological polar surface area (TPSA) is 24.5 Å². The van der Waals surface area contributed by atoms with Crippen LogP contribution in [0.5, 0.6) is 0 Å². The molecule has 0 aromatic rings. The van der Waals surface area contributed by atoms with E-state index in [0.29, 0.717) is 12.1 Å². The van der Waals surface area contributed by atoms with E-state index >= 15 is 0 Å². The van der Waals surface area contributed by atoms with Crippen LogP contribution in [0.2, 0.25) is 0 Å². The van der Waals surface area contributed by atoms with Gasteiger partial charge in [0.2, 0.25) is 0 Å². The zero-order valence-electron chi connectivity index (χ0n) is 15.1. The van der Waals surface area contributed by atoms with Gasteiger partial charge in [0.1, 0.15) is 0 Å². The lowest BCUT2D eigenvalue weighted by molar-refractivity contribution is 0.0518. The monoisotopic (exact) mass is 298 g/mol. The van der Waals surface area contributed by atoms with Gasteiger partial charge in [0, 0.05) is 18.2 Å². The van der Waals surface area contributed by atoms with Crippen molar-refractivity contribution in [2.45, 2.75) is 90.8 Å². The van der Waals surface area contributed by atoms with Gasteiger partial charge in [0.25, 0.3) is 0 Å².